The van der Waals surface area contributed by atoms with Crippen LogP contribution in [0.15, 0.2) is 47.0 Å². The minimum Gasteiger partial charge on any atom is -0.454 e. The number of halogens is 2. The Morgan fingerprint density at radius 1 is 1.08 bits per heavy atom. The predicted octanol–water partition coefficient (Wildman–Crippen LogP) is 5.66. The van der Waals surface area contributed by atoms with Gasteiger partial charge in [0.25, 0.3) is 0 Å². The molecule has 0 fully saturated rings. The summed E-state index contributed by atoms with van der Waals surface area (Å²) in [4.78, 5) is 0. The second-order valence-electron chi connectivity index (χ2n) is 6.43. The van der Waals surface area contributed by atoms with Crippen LogP contribution in [0, 0.1) is 5.92 Å². The van der Waals surface area contributed by atoms with E-state index in [-0.39, 0.29) is 12.8 Å². The highest BCUT2D eigenvalue weighted by Crippen LogP contribution is 2.52. The standard InChI is InChI=1S/C19H15BrClNO2/c20-15-8-18-17(23-9-24-18)7-14(15)19-12-3-1-2-11(12)13-6-10(21)4-5-16(13)22-19/h1-2,4-8,11-12,19,22H,3,9H2/t11-,12+,19+/m0/s1. The Bertz CT molecular complexity index is 867. The van der Waals surface area contributed by atoms with Gasteiger partial charge < -0.3 is 14.8 Å². The first kappa shape index (κ1) is 14.7. The highest BCUT2D eigenvalue weighted by atomic mass is 79.9. The lowest BCUT2D eigenvalue weighted by Gasteiger charge is -2.38. The van der Waals surface area contributed by atoms with Gasteiger partial charge in [0.15, 0.2) is 11.5 Å². The topological polar surface area (TPSA) is 30.5 Å². The molecule has 1 N–H and O–H groups in total. The molecule has 122 valence electrons. The van der Waals surface area contributed by atoms with E-state index in [1.807, 2.05) is 12.1 Å². The first-order valence-corrected chi connectivity index (χ1v) is 9.19. The molecule has 24 heavy (non-hydrogen) atoms. The molecule has 0 aromatic heterocycles. The minimum absolute atomic E-state index is 0.211. The molecule has 0 amide bonds. The summed E-state index contributed by atoms with van der Waals surface area (Å²) in [6.45, 7) is 0.290. The summed E-state index contributed by atoms with van der Waals surface area (Å²) in [7, 11) is 0. The van der Waals surface area contributed by atoms with Crippen molar-refractivity contribution in [3.05, 3.63) is 63.1 Å². The summed E-state index contributed by atoms with van der Waals surface area (Å²) in [5, 5.41) is 4.51. The highest BCUT2D eigenvalue weighted by molar-refractivity contribution is 9.10. The van der Waals surface area contributed by atoms with Gasteiger partial charge in [0.2, 0.25) is 6.79 Å². The van der Waals surface area contributed by atoms with Crippen molar-refractivity contribution >= 4 is 33.2 Å². The number of benzene rings is 2. The highest BCUT2D eigenvalue weighted by Gasteiger charge is 2.39. The molecule has 1 aliphatic carbocycles. The zero-order chi connectivity index (χ0) is 16.3. The largest absolute Gasteiger partial charge is 0.454 e. The Morgan fingerprint density at radius 2 is 1.92 bits per heavy atom. The van der Waals surface area contributed by atoms with E-state index in [4.69, 9.17) is 21.1 Å². The maximum atomic E-state index is 6.22. The number of ether oxygens (including phenoxy) is 2. The zero-order valence-electron chi connectivity index (χ0n) is 12.8. The lowest BCUT2D eigenvalue weighted by atomic mass is 9.77. The van der Waals surface area contributed by atoms with Crippen molar-refractivity contribution in [3.8, 4) is 11.5 Å². The maximum absolute atomic E-state index is 6.22. The van der Waals surface area contributed by atoms with E-state index in [2.05, 4.69) is 51.6 Å². The average Bonchev–Trinajstić information content (AvgIpc) is 3.22. The fourth-order valence-corrected chi connectivity index (χ4v) is 4.79. The molecule has 3 nitrogen and oxygen atoms in total. The summed E-state index contributed by atoms with van der Waals surface area (Å²) in [6.07, 6.45) is 5.64. The van der Waals surface area contributed by atoms with Gasteiger partial charge in [0.1, 0.15) is 0 Å². The van der Waals surface area contributed by atoms with Crippen molar-refractivity contribution < 1.29 is 9.47 Å². The van der Waals surface area contributed by atoms with Gasteiger partial charge in [-0.3, -0.25) is 0 Å². The van der Waals surface area contributed by atoms with E-state index in [0.717, 1.165) is 33.1 Å². The van der Waals surface area contributed by atoms with Crippen LogP contribution in [-0.4, -0.2) is 6.79 Å². The van der Waals surface area contributed by atoms with Crippen LogP contribution < -0.4 is 14.8 Å². The van der Waals surface area contributed by atoms with Crippen LogP contribution >= 0.6 is 27.5 Å². The van der Waals surface area contributed by atoms with Gasteiger partial charge in [-0.15, -0.1) is 0 Å². The van der Waals surface area contributed by atoms with E-state index >= 15 is 0 Å². The molecule has 2 aliphatic heterocycles. The van der Waals surface area contributed by atoms with Crippen LogP contribution in [0.2, 0.25) is 5.02 Å². The molecule has 3 atom stereocenters. The van der Waals surface area contributed by atoms with Crippen LogP contribution in [0.3, 0.4) is 0 Å². The predicted molar refractivity (Wildman–Crippen MR) is 98.1 cm³/mol. The number of hydrogen-bond acceptors (Lipinski definition) is 3. The van der Waals surface area contributed by atoms with Crippen molar-refractivity contribution in [2.45, 2.75) is 18.4 Å². The van der Waals surface area contributed by atoms with Gasteiger partial charge >= 0.3 is 0 Å². The summed E-state index contributed by atoms with van der Waals surface area (Å²) in [5.74, 6) is 2.48. The molecule has 0 saturated carbocycles. The lowest BCUT2D eigenvalue weighted by Crippen LogP contribution is -2.29. The molecule has 2 aromatic rings. The quantitative estimate of drug-likeness (QED) is 0.622. The van der Waals surface area contributed by atoms with Crippen LogP contribution in [0.5, 0.6) is 11.5 Å². The second-order valence-corrected chi connectivity index (χ2v) is 7.72. The van der Waals surface area contributed by atoms with Gasteiger partial charge in [0.05, 0.1) is 6.04 Å². The third kappa shape index (κ3) is 2.16. The number of fused-ring (bicyclic) bond motifs is 4. The molecule has 5 heteroatoms. The maximum Gasteiger partial charge on any atom is 0.231 e. The first-order valence-electron chi connectivity index (χ1n) is 8.02. The molecule has 3 aliphatic rings. The lowest BCUT2D eigenvalue weighted by molar-refractivity contribution is 0.174. The first-order chi connectivity index (χ1) is 11.7. The van der Waals surface area contributed by atoms with E-state index < -0.39 is 0 Å². The molecule has 2 heterocycles. The summed E-state index contributed by atoms with van der Waals surface area (Å²) in [5.41, 5.74) is 3.65. The number of anilines is 1. The van der Waals surface area contributed by atoms with Crippen LogP contribution in [-0.2, 0) is 0 Å². The molecule has 0 spiro atoms. The molecule has 0 saturated heterocycles. The number of hydrogen-bond donors (Lipinski definition) is 1. The molecule has 0 radical (unpaired) electrons. The summed E-state index contributed by atoms with van der Waals surface area (Å²) >= 11 is 9.94. The molecule has 0 bridgehead atoms. The smallest absolute Gasteiger partial charge is 0.231 e. The van der Waals surface area contributed by atoms with Crippen LogP contribution in [0.1, 0.15) is 29.5 Å². The fourth-order valence-electron chi connectivity index (χ4n) is 4.04. The third-order valence-electron chi connectivity index (χ3n) is 5.15. The van der Waals surface area contributed by atoms with Gasteiger partial charge in [-0.1, -0.05) is 39.7 Å². The van der Waals surface area contributed by atoms with E-state index in [9.17, 15) is 0 Å². The monoisotopic (exact) mass is 403 g/mol. The van der Waals surface area contributed by atoms with Crippen LogP contribution in [0.4, 0.5) is 5.69 Å². The van der Waals surface area contributed by atoms with Crippen molar-refractivity contribution in [2.75, 3.05) is 12.1 Å². The molecule has 2 aromatic carbocycles. The van der Waals surface area contributed by atoms with Gasteiger partial charge in [-0.05, 0) is 53.8 Å². The van der Waals surface area contributed by atoms with Crippen molar-refractivity contribution in [1.29, 1.82) is 0 Å². The Kier molecular flexibility index (Phi) is 3.32. The van der Waals surface area contributed by atoms with Gasteiger partial charge in [-0.25, -0.2) is 0 Å². The Labute approximate surface area is 153 Å². The zero-order valence-corrected chi connectivity index (χ0v) is 15.1. The minimum atomic E-state index is 0.211. The van der Waals surface area contributed by atoms with E-state index in [1.54, 1.807) is 0 Å². The molecule has 5 rings (SSSR count). The Hall–Kier alpha value is -1.65. The number of rotatable bonds is 1. The van der Waals surface area contributed by atoms with Crippen molar-refractivity contribution in [1.82, 2.24) is 0 Å². The van der Waals surface area contributed by atoms with E-state index in [1.165, 1.54) is 11.1 Å². The number of allylic oxidation sites excluding steroid dienone is 2. The SMILES string of the molecule is Clc1ccc2c(c1)[C@H]1C=CC[C@H]1[C@H](c1cc3c(cc1Br)OCO3)N2. The fraction of sp³-hybridized carbons (Fsp3) is 0.263. The van der Waals surface area contributed by atoms with E-state index in [0.29, 0.717) is 11.8 Å². The molecule has 0 unspecified atom stereocenters. The van der Waals surface area contributed by atoms with Crippen molar-refractivity contribution in [3.63, 3.8) is 0 Å². The van der Waals surface area contributed by atoms with Gasteiger partial charge in [-0.2, -0.15) is 0 Å². The molecular formula is C19H15BrClNO2. The summed E-state index contributed by atoms with van der Waals surface area (Å²) < 4.78 is 12.1. The third-order valence-corrected chi connectivity index (χ3v) is 6.07. The van der Waals surface area contributed by atoms with Gasteiger partial charge in [0, 0.05) is 21.1 Å². The van der Waals surface area contributed by atoms with Crippen molar-refractivity contribution in [2.24, 2.45) is 5.92 Å². The van der Waals surface area contributed by atoms with Crippen LogP contribution in [0.25, 0.3) is 0 Å². The summed E-state index contributed by atoms with van der Waals surface area (Å²) in [6, 6.07) is 10.4. The number of nitrogens with one attached hydrogen (secondary N) is 1. The average molecular weight is 405 g/mol. The molecular weight excluding hydrogens is 390 g/mol. The normalized spacial score (nSPS) is 26.0. The Balaban J connectivity index is 1.61. The Morgan fingerprint density at radius 3 is 2.79 bits per heavy atom. The second kappa shape index (κ2) is 5.43.